The van der Waals surface area contributed by atoms with Gasteiger partial charge in [0.1, 0.15) is 0 Å². The van der Waals surface area contributed by atoms with Crippen LogP contribution in [0.2, 0.25) is 0 Å². The van der Waals surface area contributed by atoms with Crippen molar-refractivity contribution < 1.29 is 74.4 Å². The summed E-state index contributed by atoms with van der Waals surface area (Å²) in [6.07, 6.45) is 0. The second kappa shape index (κ2) is 8.91. The molecule has 0 aromatic heterocycles. The first-order valence-corrected chi connectivity index (χ1v) is 4.54. The van der Waals surface area contributed by atoms with Crippen LogP contribution >= 0.6 is 15.6 Å². The fraction of sp³-hybridized carbons (Fsp3) is 0. The molecule has 0 aliphatic rings. The summed E-state index contributed by atoms with van der Waals surface area (Å²) in [5.74, 6) is 0. The average Bonchev–Trinajstić information content (AvgIpc) is 1.12. The predicted molar refractivity (Wildman–Crippen MR) is 21.9 cm³/mol. The van der Waals surface area contributed by atoms with E-state index in [9.17, 15) is 0 Å². The second-order valence-electron chi connectivity index (χ2n) is 0.960. The van der Waals surface area contributed by atoms with Crippen molar-refractivity contribution in [2.75, 3.05) is 0 Å². The Morgan fingerprint density at radius 2 is 0.917 bits per heavy atom. The Kier molecular flexibility index (Phi) is 17.3. The van der Waals surface area contributed by atoms with Gasteiger partial charge in [-0.15, -0.1) is 0 Å². The molecular formula is H3CuLiO8P2. The molecule has 0 spiro atoms. The van der Waals surface area contributed by atoms with Gasteiger partial charge in [-0.3, -0.25) is 0 Å². The van der Waals surface area contributed by atoms with Gasteiger partial charge in [-0.25, -0.2) is 4.57 Å². The van der Waals surface area contributed by atoms with E-state index in [0.717, 1.165) is 0 Å². The fourth-order valence-corrected chi connectivity index (χ4v) is 0. The molecule has 0 aromatic carbocycles. The van der Waals surface area contributed by atoms with Crippen LogP contribution in [0.15, 0.2) is 0 Å². The van der Waals surface area contributed by atoms with Gasteiger partial charge in [-0.05, 0) is 0 Å². The molecule has 0 bridgehead atoms. The van der Waals surface area contributed by atoms with E-state index in [2.05, 4.69) is 0 Å². The molecule has 12 heteroatoms. The normalized spacial score (nSPS) is 9.83. The third kappa shape index (κ3) is 678. The van der Waals surface area contributed by atoms with Crippen molar-refractivity contribution in [2.45, 2.75) is 0 Å². The van der Waals surface area contributed by atoms with Crippen LogP contribution in [0.5, 0.6) is 0 Å². The Balaban J connectivity index is -0.0000000457. The van der Waals surface area contributed by atoms with Gasteiger partial charge in [-0.2, -0.15) is 7.82 Å². The van der Waals surface area contributed by atoms with Crippen LogP contribution in [0.4, 0.5) is 0 Å². The Bertz CT molecular complexity index is 129. The smallest absolute Gasteiger partial charge is 0.822 e. The van der Waals surface area contributed by atoms with Crippen molar-refractivity contribution in [1.29, 1.82) is 0 Å². The third-order valence-electron chi connectivity index (χ3n) is 0. The zero-order valence-corrected chi connectivity index (χ0v) is 8.31. The third-order valence-corrected chi connectivity index (χ3v) is 0. The Hall–Kier alpha value is 1.34. The number of hydrogen-bond acceptors (Lipinski definition) is 5. The van der Waals surface area contributed by atoms with Crippen LogP contribution in [-0.2, 0) is 26.2 Å². The number of hydrogen-bond donors (Lipinski definition) is 3. The Morgan fingerprint density at radius 3 is 0.917 bits per heavy atom. The van der Waals surface area contributed by atoms with E-state index in [4.69, 9.17) is 38.5 Å². The first-order chi connectivity index (χ1) is 4.00. The minimum atomic E-state index is -5.39. The maximum absolute atomic E-state index is 8.88. The molecule has 0 heterocycles. The monoisotopic (exact) mass is 263 g/mol. The van der Waals surface area contributed by atoms with E-state index in [-0.39, 0.29) is 35.9 Å². The van der Waals surface area contributed by atoms with Crippen molar-refractivity contribution in [3.05, 3.63) is 0 Å². The molecule has 8 nitrogen and oxygen atoms in total. The molecule has 3 N–H and O–H groups in total. The molecule has 0 rings (SSSR count). The van der Waals surface area contributed by atoms with E-state index in [1.807, 2.05) is 0 Å². The molecule has 0 saturated heterocycles. The molecule has 0 aromatic rings. The summed E-state index contributed by atoms with van der Waals surface area (Å²) < 4.78 is 17.4. The molecule has 0 aliphatic carbocycles. The maximum Gasteiger partial charge on any atom is 2.00 e. The molecule has 1 radical (unpaired) electrons. The SMILES string of the molecule is O=P(O)(O)O.O=P([O-])([O-])[O-].[Cu+2].[Li+]. The van der Waals surface area contributed by atoms with Gasteiger partial charge in [0.2, 0.25) is 0 Å². The van der Waals surface area contributed by atoms with Crippen LogP contribution < -0.4 is 33.5 Å². The van der Waals surface area contributed by atoms with E-state index in [1.54, 1.807) is 0 Å². The van der Waals surface area contributed by atoms with Crippen LogP contribution in [0, 0.1) is 0 Å². The first-order valence-electron chi connectivity index (χ1n) is 1.51. The van der Waals surface area contributed by atoms with Crippen molar-refractivity contribution in [3.8, 4) is 0 Å². The van der Waals surface area contributed by atoms with Crippen molar-refractivity contribution in [1.82, 2.24) is 0 Å². The second-order valence-corrected chi connectivity index (χ2v) is 2.88. The van der Waals surface area contributed by atoms with Gasteiger partial charge in [0.15, 0.2) is 0 Å². The quantitative estimate of drug-likeness (QED) is 0.286. The Morgan fingerprint density at radius 1 is 0.917 bits per heavy atom. The van der Waals surface area contributed by atoms with Crippen LogP contribution in [0.1, 0.15) is 0 Å². The summed E-state index contributed by atoms with van der Waals surface area (Å²) >= 11 is 0. The summed E-state index contributed by atoms with van der Waals surface area (Å²) in [6, 6.07) is 0. The van der Waals surface area contributed by atoms with Crippen molar-refractivity contribution in [2.24, 2.45) is 0 Å². The van der Waals surface area contributed by atoms with Gasteiger partial charge in [0.25, 0.3) is 0 Å². The molecule has 0 saturated carbocycles. The first kappa shape index (κ1) is 23.3. The molecule has 0 atom stereocenters. The number of phosphoric acid groups is 2. The zero-order valence-electron chi connectivity index (χ0n) is 5.58. The average molecular weight is 263 g/mol. The summed E-state index contributed by atoms with van der Waals surface area (Å²) in [5.41, 5.74) is 0. The molecule has 73 valence electrons. The predicted octanol–water partition coefficient (Wildman–Crippen LogP) is -6.75. The van der Waals surface area contributed by atoms with Gasteiger partial charge in [0.05, 0.1) is 0 Å². The Labute approximate surface area is 90.1 Å². The van der Waals surface area contributed by atoms with Gasteiger partial charge in [-0.1, -0.05) is 0 Å². The van der Waals surface area contributed by atoms with Gasteiger partial charge in [0, 0.05) is 0 Å². The summed E-state index contributed by atoms with van der Waals surface area (Å²) in [7, 11) is -10.0. The van der Waals surface area contributed by atoms with E-state index in [1.165, 1.54) is 0 Å². The summed E-state index contributed by atoms with van der Waals surface area (Å²) in [4.78, 5) is 47.2. The fourth-order valence-electron chi connectivity index (χ4n) is 0. The largest absolute Gasteiger partial charge is 2.00 e. The van der Waals surface area contributed by atoms with Crippen molar-refractivity contribution in [3.63, 3.8) is 0 Å². The van der Waals surface area contributed by atoms with Crippen molar-refractivity contribution >= 4 is 15.6 Å². The van der Waals surface area contributed by atoms with Gasteiger partial charge >= 0.3 is 43.8 Å². The van der Waals surface area contributed by atoms with Crippen LogP contribution in [0.25, 0.3) is 0 Å². The van der Waals surface area contributed by atoms with E-state index < -0.39 is 15.6 Å². The standard InChI is InChI=1S/Cu.Li.2H3O4P/c;;2*1-5(2,3)4/h;;2*(H3,1,2,3,4)/q+2;+1;;/p-3. The van der Waals surface area contributed by atoms with Crippen LogP contribution in [0.3, 0.4) is 0 Å². The molecular weight excluding hydrogens is 260 g/mol. The minimum Gasteiger partial charge on any atom is -0.822 e. The maximum atomic E-state index is 8.88. The molecule has 12 heavy (non-hydrogen) atoms. The molecule has 0 fully saturated rings. The van der Waals surface area contributed by atoms with E-state index >= 15 is 0 Å². The summed E-state index contributed by atoms with van der Waals surface area (Å²) in [5, 5.41) is 0. The molecule has 0 amide bonds. The van der Waals surface area contributed by atoms with E-state index in [0.29, 0.717) is 0 Å². The number of rotatable bonds is 0. The van der Waals surface area contributed by atoms with Gasteiger partial charge < -0.3 is 33.9 Å². The topological polar surface area (TPSA) is 164 Å². The molecule has 0 unspecified atom stereocenters. The zero-order chi connectivity index (χ0) is 9.00. The summed E-state index contributed by atoms with van der Waals surface area (Å²) in [6.45, 7) is 0. The molecule has 0 aliphatic heterocycles. The van der Waals surface area contributed by atoms with Crippen LogP contribution in [-0.4, -0.2) is 14.7 Å². The minimum absolute atomic E-state index is 0.